The first-order valence-corrected chi connectivity index (χ1v) is 9.19. The lowest BCUT2D eigenvalue weighted by atomic mass is 10.1. The number of H-pyrrole nitrogens is 2. The Bertz CT molecular complexity index is 1030. The van der Waals surface area contributed by atoms with Crippen LogP contribution in [0.2, 0.25) is 0 Å². The highest BCUT2D eigenvalue weighted by Gasteiger charge is 2.29. The largest absolute Gasteiger partial charge is 0.497 e. The summed E-state index contributed by atoms with van der Waals surface area (Å²) in [5.41, 5.74) is 4.20. The van der Waals surface area contributed by atoms with Gasteiger partial charge in [0.2, 0.25) is 0 Å². The van der Waals surface area contributed by atoms with E-state index in [1.54, 1.807) is 7.11 Å². The molecule has 0 radical (unpaired) electrons. The van der Waals surface area contributed by atoms with Gasteiger partial charge in [-0.15, -0.1) is 0 Å². The first-order chi connectivity index (χ1) is 12.7. The van der Waals surface area contributed by atoms with Crippen molar-refractivity contribution in [2.75, 3.05) is 13.7 Å². The third kappa shape index (κ3) is 2.70. The molecule has 26 heavy (non-hydrogen) atoms. The van der Waals surface area contributed by atoms with Crippen molar-refractivity contribution in [1.82, 2.24) is 19.9 Å². The SMILES string of the molecule is COc1ccc2[nH]cc(CN3CCc4nc(C5CC5)[nH]c(=O)c4C3)c2c1. The normalized spacial score (nSPS) is 17.4. The van der Waals surface area contributed by atoms with E-state index in [9.17, 15) is 4.79 Å². The Balaban J connectivity index is 1.41. The van der Waals surface area contributed by atoms with Crippen molar-refractivity contribution in [3.63, 3.8) is 0 Å². The fraction of sp³-hybridized carbons (Fsp3) is 0.400. The van der Waals surface area contributed by atoms with Gasteiger partial charge >= 0.3 is 0 Å². The number of aromatic nitrogens is 3. The summed E-state index contributed by atoms with van der Waals surface area (Å²) in [6.07, 6.45) is 5.19. The minimum Gasteiger partial charge on any atom is -0.497 e. The van der Waals surface area contributed by atoms with E-state index >= 15 is 0 Å². The van der Waals surface area contributed by atoms with E-state index in [-0.39, 0.29) is 5.56 Å². The van der Waals surface area contributed by atoms with Gasteiger partial charge < -0.3 is 14.7 Å². The summed E-state index contributed by atoms with van der Waals surface area (Å²) in [6.45, 7) is 2.37. The second-order valence-electron chi connectivity index (χ2n) is 7.34. The molecule has 0 spiro atoms. The average molecular weight is 350 g/mol. The first kappa shape index (κ1) is 15.6. The highest BCUT2D eigenvalue weighted by Crippen LogP contribution is 2.38. The molecule has 6 nitrogen and oxygen atoms in total. The van der Waals surface area contributed by atoms with Crippen LogP contribution in [-0.2, 0) is 19.5 Å². The molecule has 2 aliphatic rings. The standard InChI is InChI=1S/C20H22N4O2/c1-26-14-4-5-17-15(8-14)13(9-21-17)10-24-7-6-18-16(11-24)20(25)23-19(22-18)12-2-3-12/h4-5,8-9,12,21H,2-3,6-7,10-11H2,1H3,(H,22,23,25). The predicted octanol–water partition coefficient (Wildman–Crippen LogP) is 2.70. The minimum atomic E-state index is 0.0437. The van der Waals surface area contributed by atoms with Gasteiger partial charge in [0.25, 0.3) is 5.56 Å². The Kier molecular flexibility index (Phi) is 3.60. The number of aromatic amines is 2. The van der Waals surface area contributed by atoms with Crippen molar-refractivity contribution in [2.45, 2.75) is 38.3 Å². The highest BCUT2D eigenvalue weighted by molar-refractivity contribution is 5.84. The van der Waals surface area contributed by atoms with Crippen LogP contribution in [0, 0.1) is 0 Å². The van der Waals surface area contributed by atoms with Crippen molar-refractivity contribution in [3.8, 4) is 5.75 Å². The molecule has 0 amide bonds. The van der Waals surface area contributed by atoms with Gasteiger partial charge in [-0.1, -0.05) is 0 Å². The molecule has 0 bridgehead atoms. The zero-order valence-electron chi connectivity index (χ0n) is 14.8. The van der Waals surface area contributed by atoms with Crippen LogP contribution >= 0.6 is 0 Å². The molecule has 0 unspecified atom stereocenters. The van der Waals surface area contributed by atoms with E-state index in [2.05, 4.69) is 27.1 Å². The Morgan fingerprint density at radius 3 is 3.04 bits per heavy atom. The summed E-state index contributed by atoms with van der Waals surface area (Å²) in [7, 11) is 1.68. The Hall–Kier alpha value is -2.60. The number of hydrogen-bond acceptors (Lipinski definition) is 4. The molecule has 134 valence electrons. The molecule has 1 aromatic carbocycles. The summed E-state index contributed by atoms with van der Waals surface area (Å²) >= 11 is 0. The zero-order chi connectivity index (χ0) is 17.7. The average Bonchev–Trinajstić information content (AvgIpc) is 3.44. The zero-order valence-corrected chi connectivity index (χ0v) is 14.8. The molecule has 6 heteroatoms. The van der Waals surface area contributed by atoms with Crippen molar-refractivity contribution in [1.29, 1.82) is 0 Å². The van der Waals surface area contributed by atoms with Crippen LogP contribution in [0.4, 0.5) is 0 Å². The fourth-order valence-electron chi connectivity index (χ4n) is 3.84. The van der Waals surface area contributed by atoms with Gasteiger partial charge in [0, 0.05) is 49.1 Å². The van der Waals surface area contributed by atoms with E-state index in [4.69, 9.17) is 9.72 Å². The third-order valence-corrected chi connectivity index (χ3v) is 5.50. The lowest BCUT2D eigenvalue weighted by Crippen LogP contribution is -2.35. The van der Waals surface area contributed by atoms with E-state index in [1.165, 1.54) is 10.9 Å². The minimum absolute atomic E-state index is 0.0437. The number of benzene rings is 1. The Morgan fingerprint density at radius 2 is 2.23 bits per heavy atom. The summed E-state index contributed by atoms with van der Waals surface area (Å²) in [4.78, 5) is 25.9. The molecular formula is C20H22N4O2. The maximum Gasteiger partial charge on any atom is 0.255 e. The van der Waals surface area contributed by atoms with Gasteiger partial charge in [-0.2, -0.15) is 0 Å². The second-order valence-corrected chi connectivity index (χ2v) is 7.34. The topological polar surface area (TPSA) is 74.0 Å². The molecule has 1 fully saturated rings. The van der Waals surface area contributed by atoms with Crippen molar-refractivity contribution < 1.29 is 4.74 Å². The smallest absolute Gasteiger partial charge is 0.255 e. The van der Waals surface area contributed by atoms with Crippen LogP contribution < -0.4 is 10.3 Å². The van der Waals surface area contributed by atoms with Crippen molar-refractivity contribution in [3.05, 3.63) is 57.4 Å². The lowest BCUT2D eigenvalue weighted by molar-refractivity contribution is 0.242. The van der Waals surface area contributed by atoms with Crippen LogP contribution in [0.3, 0.4) is 0 Å². The Labute approximate surface area is 151 Å². The number of ether oxygens (including phenoxy) is 1. The van der Waals surface area contributed by atoms with E-state index < -0.39 is 0 Å². The second kappa shape index (κ2) is 5.99. The van der Waals surface area contributed by atoms with E-state index in [1.807, 2.05) is 12.1 Å². The molecule has 0 atom stereocenters. The number of nitrogens with zero attached hydrogens (tertiary/aromatic N) is 2. The fourth-order valence-corrected chi connectivity index (χ4v) is 3.84. The number of methoxy groups -OCH3 is 1. The number of fused-ring (bicyclic) bond motifs is 2. The van der Waals surface area contributed by atoms with Gasteiger partial charge in [-0.3, -0.25) is 9.69 Å². The summed E-state index contributed by atoms with van der Waals surface area (Å²) < 4.78 is 5.35. The molecule has 1 aliphatic carbocycles. The van der Waals surface area contributed by atoms with Crippen molar-refractivity contribution in [2.24, 2.45) is 0 Å². The molecular weight excluding hydrogens is 328 g/mol. The van der Waals surface area contributed by atoms with Crippen LogP contribution in [0.15, 0.2) is 29.2 Å². The molecule has 1 saturated carbocycles. The predicted molar refractivity (Wildman–Crippen MR) is 99.5 cm³/mol. The summed E-state index contributed by atoms with van der Waals surface area (Å²) in [5.74, 6) is 2.23. The van der Waals surface area contributed by atoms with E-state index in [0.717, 1.165) is 60.7 Å². The molecule has 2 N–H and O–H groups in total. The van der Waals surface area contributed by atoms with Crippen LogP contribution in [0.25, 0.3) is 10.9 Å². The van der Waals surface area contributed by atoms with Crippen molar-refractivity contribution >= 4 is 10.9 Å². The molecule has 0 saturated heterocycles. The van der Waals surface area contributed by atoms with E-state index in [0.29, 0.717) is 12.5 Å². The number of nitrogens with one attached hydrogen (secondary N) is 2. The van der Waals surface area contributed by atoms with Crippen LogP contribution in [0.1, 0.15) is 41.4 Å². The third-order valence-electron chi connectivity index (χ3n) is 5.50. The first-order valence-electron chi connectivity index (χ1n) is 9.19. The molecule has 5 rings (SSSR count). The molecule has 1 aliphatic heterocycles. The monoisotopic (exact) mass is 350 g/mol. The lowest BCUT2D eigenvalue weighted by Gasteiger charge is -2.27. The molecule has 3 heterocycles. The van der Waals surface area contributed by atoms with Gasteiger partial charge in [0.05, 0.1) is 18.4 Å². The van der Waals surface area contributed by atoms with Gasteiger partial charge in [-0.05, 0) is 36.6 Å². The Morgan fingerprint density at radius 1 is 1.35 bits per heavy atom. The highest BCUT2D eigenvalue weighted by atomic mass is 16.5. The molecule has 3 aromatic rings. The maximum absolute atomic E-state index is 12.5. The summed E-state index contributed by atoms with van der Waals surface area (Å²) in [6, 6.07) is 6.06. The quantitative estimate of drug-likeness (QED) is 0.759. The number of hydrogen-bond donors (Lipinski definition) is 2. The van der Waals surface area contributed by atoms with Gasteiger partial charge in [-0.25, -0.2) is 4.98 Å². The molecule has 2 aromatic heterocycles. The summed E-state index contributed by atoms with van der Waals surface area (Å²) in [5, 5.41) is 1.17. The van der Waals surface area contributed by atoms with Crippen LogP contribution in [0.5, 0.6) is 5.75 Å². The van der Waals surface area contributed by atoms with Gasteiger partial charge in [0.1, 0.15) is 11.6 Å². The van der Waals surface area contributed by atoms with Crippen LogP contribution in [-0.4, -0.2) is 33.5 Å². The number of rotatable bonds is 4. The maximum atomic E-state index is 12.5. The van der Waals surface area contributed by atoms with Gasteiger partial charge in [0.15, 0.2) is 0 Å².